The zero-order valence-electron chi connectivity index (χ0n) is 10.7. The van der Waals surface area contributed by atoms with Crippen LogP contribution >= 0.6 is 11.5 Å². The Bertz CT molecular complexity index is 684. The van der Waals surface area contributed by atoms with E-state index in [1.807, 2.05) is 0 Å². The highest BCUT2D eigenvalue weighted by molar-refractivity contribution is 7.92. The van der Waals surface area contributed by atoms with Crippen LogP contribution in [0.2, 0.25) is 0 Å². The zero-order valence-corrected chi connectivity index (χ0v) is 12.4. The summed E-state index contributed by atoms with van der Waals surface area (Å²) >= 11 is 0.996. The monoisotopic (exact) mass is 314 g/mol. The summed E-state index contributed by atoms with van der Waals surface area (Å²) < 4.78 is 35.2. The molecule has 0 fully saturated rings. The Kier molecular flexibility index (Phi) is 4.40. The molecule has 1 aromatic heterocycles. The molecule has 2 aromatic rings. The predicted molar refractivity (Wildman–Crippen MR) is 78.4 cm³/mol. The third-order valence-electron chi connectivity index (χ3n) is 2.30. The highest BCUT2D eigenvalue weighted by Gasteiger charge is 2.13. The second kappa shape index (κ2) is 6.06. The zero-order chi connectivity index (χ0) is 14.6. The van der Waals surface area contributed by atoms with E-state index >= 15 is 0 Å². The fraction of sp³-hybridized carbons (Fsp3) is 0.273. The van der Waals surface area contributed by atoms with E-state index in [1.54, 1.807) is 31.2 Å². The van der Waals surface area contributed by atoms with E-state index in [0.29, 0.717) is 17.3 Å². The third kappa shape index (κ3) is 4.07. The van der Waals surface area contributed by atoms with E-state index < -0.39 is 10.0 Å². The van der Waals surface area contributed by atoms with Crippen molar-refractivity contribution < 1.29 is 13.2 Å². The van der Waals surface area contributed by atoms with Crippen LogP contribution in [-0.4, -0.2) is 30.1 Å². The average molecular weight is 314 g/mol. The molecule has 3 N–H and O–H groups in total. The summed E-state index contributed by atoms with van der Waals surface area (Å²) in [6, 6.07) is 6.91. The largest absolute Gasteiger partial charge is 0.490 e. The number of rotatable bonds is 6. The van der Waals surface area contributed by atoms with E-state index in [-0.39, 0.29) is 17.5 Å². The first kappa shape index (κ1) is 14.5. The van der Waals surface area contributed by atoms with Gasteiger partial charge in [-0.25, -0.2) is 13.4 Å². The predicted octanol–water partition coefficient (Wildman–Crippen LogP) is 1.25. The van der Waals surface area contributed by atoms with Crippen molar-refractivity contribution in [3.63, 3.8) is 0 Å². The molecule has 0 atom stereocenters. The Morgan fingerprint density at radius 3 is 2.80 bits per heavy atom. The minimum Gasteiger partial charge on any atom is -0.490 e. The molecule has 0 bridgehead atoms. The molecule has 0 aliphatic heterocycles. The molecule has 0 aliphatic carbocycles. The molecule has 20 heavy (non-hydrogen) atoms. The van der Waals surface area contributed by atoms with Crippen molar-refractivity contribution in [3.05, 3.63) is 30.1 Å². The maximum absolute atomic E-state index is 11.8. The average Bonchev–Trinajstić information content (AvgIpc) is 2.76. The number of anilines is 2. The van der Waals surface area contributed by atoms with Gasteiger partial charge in [0.25, 0.3) is 0 Å². The van der Waals surface area contributed by atoms with Gasteiger partial charge in [0.1, 0.15) is 23.9 Å². The van der Waals surface area contributed by atoms with Crippen molar-refractivity contribution in [3.8, 4) is 5.75 Å². The lowest BCUT2D eigenvalue weighted by molar-refractivity contribution is 0.343. The number of aromatic nitrogens is 2. The minimum absolute atomic E-state index is 0.00132. The van der Waals surface area contributed by atoms with E-state index in [9.17, 15) is 8.42 Å². The summed E-state index contributed by atoms with van der Waals surface area (Å²) in [6.07, 6.45) is 0. The molecule has 1 aromatic carbocycles. The molecular formula is C11H14N4O3S2. The number of nitrogens with zero attached hydrogens (tertiary/aromatic N) is 2. The Morgan fingerprint density at radius 1 is 1.40 bits per heavy atom. The number of benzene rings is 1. The maximum atomic E-state index is 11.8. The number of sulfonamides is 1. The lowest BCUT2D eigenvalue weighted by Gasteiger charge is -2.09. The van der Waals surface area contributed by atoms with Gasteiger partial charge >= 0.3 is 0 Å². The van der Waals surface area contributed by atoms with Gasteiger partial charge in [0.05, 0.1) is 5.69 Å². The van der Waals surface area contributed by atoms with Gasteiger partial charge < -0.3 is 10.5 Å². The number of aryl methyl sites for hydroxylation is 1. The van der Waals surface area contributed by atoms with Crippen LogP contribution in [0.3, 0.4) is 0 Å². The fourth-order valence-electron chi connectivity index (χ4n) is 1.40. The van der Waals surface area contributed by atoms with Gasteiger partial charge in [0.15, 0.2) is 0 Å². The molecule has 0 aliphatic rings. The Hall–Kier alpha value is -1.87. The number of para-hydroxylation sites is 2. The first-order valence-corrected chi connectivity index (χ1v) is 8.17. The van der Waals surface area contributed by atoms with Gasteiger partial charge in [0.2, 0.25) is 15.2 Å². The minimum atomic E-state index is -3.51. The molecule has 0 radical (unpaired) electrons. The third-order valence-corrected chi connectivity index (χ3v) is 4.36. The van der Waals surface area contributed by atoms with Crippen LogP contribution in [0.25, 0.3) is 0 Å². The van der Waals surface area contributed by atoms with Gasteiger partial charge in [0, 0.05) is 11.5 Å². The van der Waals surface area contributed by atoms with Gasteiger partial charge in [-0.1, -0.05) is 12.1 Å². The van der Waals surface area contributed by atoms with Gasteiger partial charge in [-0.2, -0.15) is 4.37 Å². The van der Waals surface area contributed by atoms with E-state index in [4.69, 9.17) is 10.5 Å². The lowest BCUT2D eigenvalue weighted by atomic mass is 10.3. The van der Waals surface area contributed by atoms with E-state index in [0.717, 1.165) is 11.5 Å². The number of nitrogen functional groups attached to an aromatic ring is 1. The Morgan fingerprint density at radius 2 is 2.15 bits per heavy atom. The van der Waals surface area contributed by atoms with Gasteiger partial charge in [-0.05, 0) is 19.1 Å². The smallest absolute Gasteiger partial charge is 0.237 e. The first-order chi connectivity index (χ1) is 9.46. The molecular weight excluding hydrogens is 300 g/mol. The summed E-state index contributed by atoms with van der Waals surface area (Å²) in [4.78, 5) is 3.93. The molecule has 9 heteroatoms. The Labute approximate surface area is 121 Å². The van der Waals surface area contributed by atoms with Crippen LogP contribution in [0.1, 0.15) is 5.82 Å². The number of hydrogen-bond acceptors (Lipinski definition) is 7. The number of ether oxygens (including phenoxy) is 1. The molecule has 7 nitrogen and oxygen atoms in total. The molecule has 0 spiro atoms. The molecule has 108 valence electrons. The van der Waals surface area contributed by atoms with Crippen molar-refractivity contribution in [2.75, 3.05) is 22.8 Å². The Balaban J connectivity index is 1.88. The first-order valence-electron chi connectivity index (χ1n) is 5.74. The molecule has 2 rings (SSSR count). The van der Waals surface area contributed by atoms with Crippen molar-refractivity contribution in [1.82, 2.24) is 9.36 Å². The SMILES string of the molecule is Cc1nsc(NS(=O)(=O)CCOc2ccccc2N)n1. The van der Waals surface area contributed by atoms with E-state index in [2.05, 4.69) is 14.1 Å². The summed E-state index contributed by atoms with van der Waals surface area (Å²) in [6.45, 7) is 1.69. The quantitative estimate of drug-likeness (QED) is 0.777. The summed E-state index contributed by atoms with van der Waals surface area (Å²) in [5.41, 5.74) is 6.16. The van der Waals surface area contributed by atoms with Crippen molar-refractivity contribution in [1.29, 1.82) is 0 Å². The second-order valence-corrected chi connectivity index (χ2v) is 6.55. The van der Waals surface area contributed by atoms with Crippen molar-refractivity contribution in [2.45, 2.75) is 6.92 Å². The molecule has 0 saturated heterocycles. The highest BCUT2D eigenvalue weighted by atomic mass is 32.2. The number of nitrogens with one attached hydrogen (secondary N) is 1. The van der Waals surface area contributed by atoms with Crippen LogP contribution in [-0.2, 0) is 10.0 Å². The molecule has 0 amide bonds. The fourth-order valence-corrected chi connectivity index (χ4v) is 3.07. The van der Waals surface area contributed by atoms with E-state index in [1.165, 1.54) is 0 Å². The summed E-state index contributed by atoms with van der Waals surface area (Å²) in [7, 11) is -3.51. The normalized spacial score (nSPS) is 11.2. The number of hydrogen-bond donors (Lipinski definition) is 2. The molecule has 0 unspecified atom stereocenters. The van der Waals surface area contributed by atoms with Crippen molar-refractivity contribution in [2.24, 2.45) is 0 Å². The van der Waals surface area contributed by atoms with Gasteiger partial charge in [-0.15, -0.1) is 0 Å². The van der Waals surface area contributed by atoms with Crippen LogP contribution in [0.15, 0.2) is 24.3 Å². The molecule has 1 heterocycles. The van der Waals surface area contributed by atoms with Crippen LogP contribution in [0.4, 0.5) is 10.8 Å². The highest BCUT2D eigenvalue weighted by Crippen LogP contribution is 2.19. The second-order valence-electron chi connectivity index (χ2n) is 3.95. The standard InChI is InChI=1S/C11H14N4O3S2/c1-8-13-11(19-14-8)15-20(16,17)7-6-18-10-5-3-2-4-9(10)12/h2-5H,6-7,12H2,1H3,(H,13,14,15). The molecule has 0 saturated carbocycles. The van der Waals surface area contributed by atoms with Crippen LogP contribution < -0.4 is 15.2 Å². The number of nitrogens with two attached hydrogens (primary N) is 1. The van der Waals surface area contributed by atoms with Crippen LogP contribution in [0, 0.1) is 6.92 Å². The topological polar surface area (TPSA) is 107 Å². The summed E-state index contributed by atoms with van der Waals surface area (Å²) in [5, 5.41) is 0.252. The van der Waals surface area contributed by atoms with Crippen molar-refractivity contribution >= 4 is 32.4 Å². The maximum Gasteiger partial charge on any atom is 0.237 e. The van der Waals surface area contributed by atoms with Gasteiger partial charge in [-0.3, -0.25) is 4.72 Å². The summed E-state index contributed by atoms with van der Waals surface area (Å²) in [5.74, 6) is 0.801. The van der Waals surface area contributed by atoms with Crippen LogP contribution in [0.5, 0.6) is 5.75 Å². The lowest BCUT2D eigenvalue weighted by Crippen LogP contribution is -2.21.